The summed E-state index contributed by atoms with van der Waals surface area (Å²) < 4.78 is 0. The number of fused-ring (bicyclic) bond motifs is 1. The van der Waals surface area contributed by atoms with E-state index in [1.807, 2.05) is 0 Å². The van der Waals surface area contributed by atoms with Crippen molar-refractivity contribution in [1.82, 2.24) is 9.97 Å². The molecule has 0 spiro atoms. The maximum absolute atomic E-state index is 4.96. The molecule has 1 saturated heterocycles. The van der Waals surface area contributed by atoms with Crippen LogP contribution in [0.5, 0.6) is 0 Å². The highest BCUT2D eigenvalue weighted by Crippen LogP contribution is 2.28. The Hall–Kier alpha value is -1.84. The van der Waals surface area contributed by atoms with Crippen molar-refractivity contribution >= 4 is 22.7 Å². The van der Waals surface area contributed by atoms with Gasteiger partial charge in [-0.05, 0) is 43.7 Å². The number of rotatable bonds is 3. The lowest BCUT2D eigenvalue weighted by Crippen LogP contribution is -2.35. The van der Waals surface area contributed by atoms with Gasteiger partial charge in [-0.3, -0.25) is 0 Å². The first-order chi connectivity index (χ1) is 11.8. The zero-order valence-corrected chi connectivity index (χ0v) is 14.7. The van der Waals surface area contributed by atoms with E-state index in [4.69, 9.17) is 9.97 Å². The summed E-state index contributed by atoms with van der Waals surface area (Å²) in [5.74, 6) is 2.66. The summed E-state index contributed by atoms with van der Waals surface area (Å²) in [6.45, 7) is 4.47. The molecule has 4 nitrogen and oxygen atoms in total. The zero-order valence-electron chi connectivity index (χ0n) is 14.7. The molecule has 4 heteroatoms. The Kier molecular flexibility index (Phi) is 4.54. The summed E-state index contributed by atoms with van der Waals surface area (Å²) >= 11 is 0. The standard InChI is InChI=1S/C20H28N4/c1-15-8-7-13-24(14-15)20-22-18-12-6-5-11-17(18)19(23-20)21-16-9-3-2-4-10-16/h5-6,11-12,15-16H,2-4,7-10,13-14H2,1H3,(H,21,22,23)/t15-/m1/s1. The quantitative estimate of drug-likeness (QED) is 0.895. The van der Waals surface area contributed by atoms with Crippen molar-refractivity contribution in [2.24, 2.45) is 5.92 Å². The Bertz CT molecular complexity index is 693. The van der Waals surface area contributed by atoms with E-state index in [1.165, 1.54) is 44.9 Å². The molecule has 2 aromatic rings. The summed E-state index contributed by atoms with van der Waals surface area (Å²) in [5.41, 5.74) is 1.05. The van der Waals surface area contributed by atoms with E-state index in [0.29, 0.717) is 6.04 Å². The van der Waals surface area contributed by atoms with Crippen molar-refractivity contribution < 1.29 is 0 Å². The number of anilines is 2. The van der Waals surface area contributed by atoms with Gasteiger partial charge in [-0.15, -0.1) is 0 Å². The molecule has 1 N–H and O–H groups in total. The predicted molar refractivity (Wildman–Crippen MR) is 101 cm³/mol. The van der Waals surface area contributed by atoms with Crippen LogP contribution in [0.25, 0.3) is 10.9 Å². The zero-order chi connectivity index (χ0) is 16.4. The SMILES string of the molecule is C[C@@H]1CCCN(c2nc(NC3CCCCC3)c3ccccc3n2)C1. The summed E-state index contributed by atoms with van der Waals surface area (Å²) in [6, 6.07) is 8.97. The van der Waals surface area contributed by atoms with Gasteiger partial charge in [0.25, 0.3) is 0 Å². The number of para-hydroxylation sites is 1. The van der Waals surface area contributed by atoms with Gasteiger partial charge in [0.2, 0.25) is 5.95 Å². The summed E-state index contributed by atoms with van der Waals surface area (Å²) in [5, 5.41) is 4.89. The maximum Gasteiger partial charge on any atom is 0.227 e. The van der Waals surface area contributed by atoms with Gasteiger partial charge in [0.15, 0.2) is 0 Å². The lowest BCUT2D eigenvalue weighted by atomic mass is 9.95. The van der Waals surface area contributed by atoms with E-state index >= 15 is 0 Å². The molecule has 1 aromatic carbocycles. The van der Waals surface area contributed by atoms with Crippen molar-refractivity contribution in [3.05, 3.63) is 24.3 Å². The predicted octanol–water partition coefficient (Wildman–Crippen LogP) is 4.61. The number of benzene rings is 1. The molecule has 0 bridgehead atoms. The minimum Gasteiger partial charge on any atom is -0.367 e. The average molecular weight is 324 g/mol. The fourth-order valence-electron chi connectivity index (χ4n) is 4.13. The number of nitrogens with one attached hydrogen (secondary N) is 1. The van der Waals surface area contributed by atoms with Crippen LogP contribution in [-0.2, 0) is 0 Å². The van der Waals surface area contributed by atoms with Crippen LogP contribution in [-0.4, -0.2) is 29.1 Å². The van der Waals surface area contributed by atoms with Gasteiger partial charge in [-0.25, -0.2) is 4.98 Å². The second kappa shape index (κ2) is 6.96. The molecule has 1 aliphatic carbocycles. The molecule has 0 unspecified atom stereocenters. The van der Waals surface area contributed by atoms with Gasteiger partial charge < -0.3 is 10.2 Å². The van der Waals surface area contributed by atoms with Gasteiger partial charge in [0, 0.05) is 24.5 Å². The number of nitrogens with zero attached hydrogens (tertiary/aromatic N) is 3. The van der Waals surface area contributed by atoms with E-state index in [-0.39, 0.29) is 0 Å². The maximum atomic E-state index is 4.96. The largest absolute Gasteiger partial charge is 0.367 e. The van der Waals surface area contributed by atoms with Crippen LogP contribution >= 0.6 is 0 Å². The molecule has 128 valence electrons. The van der Waals surface area contributed by atoms with E-state index in [0.717, 1.165) is 41.7 Å². The van der Waals surface area contributed by atoms with Crippen LogP contribution in [0, 0.1) is 5.92 Å². The fourth-order valence-corrected chi connectivity index (χ4v) is 4.13. The van der Waals surface area contributed by atoms with Crippen LogP contribution in [0.3, 0.4) is 0 Å². The van der Waals surface area contributed by atoms with Crippen LogP contribution in [0.15, 0.2) is 24.3 Å². The Morgan fingerprint density at radius 3 is 2.67 bits per heavy atom. The molecule has 2 aliphatic rings. The highest BCUT2D eigenvalue weighted by Gasteiger charge is 2.21. The third-order valence-corrected chi connectivity index (χ3v) is 5.48. The Morgan fingerprint density at radius 2 is 1.83 bits per heavy atom. The van der Waals surface area contributed by atoms with Crippen LogP contribution in [0.4, 0.5) is 11.8 Å². The molecule has 4 rings (SSSR count). The van der Waals surface area contributed by atoms with Gasteiger partial charge in [-0.1, -0.05) is 38.3 Å². The van der Waals surface area contributed by atoms with Crippen molar-refractivity contribution in [1.29, 1.82) is 0 Å². The molecule has 0 amide bonds. The third-order valence-electron chi connectivity index (χ3n) is 5.48. The van der Waals surface area contributed by atoms with Gasteiger partial charge in [0.05, 0.1) is 5.52 Å². The molecule has 2 fully saturated rings. The molecule has 1 aliphatic heterocycles. The Labute approximate surface area is 144 Å². The second-order valence-corrected chi connectivity index (χ2v) is 7.56. The van der Waals surface area contributed by atoms with Crippen molar-refractivity contribution in [2.75, 3.05) is 23.3 Å². The number of aromatic nitrogens is 2. The van der Waals surface area contributed by atoms with E-state index in [9.17, 15) is 0 Å². The van der Waals surface area contributed by atoms with Gasteiger partial charge >= 0.3 is 0 Å². The lowest BCUT2D eigenvalue weighted by molar-refractivity contribution is 0.442. The molecule has 0 radical (unpaired) electrons. The second-order valence-electron chi connectivity index (χ2n) is 7.56. The average Bonchev–Trinajstić information content (AvgIpc) is 2.62. The molecule has 1 saturated carbocycles. The van der Waals surface area contributed by atoms with E-state index in [1.54, 1.807) is 0 Å². The van der Waals surface area contributed by atoms with Crippen LogP contribution in [0.1, 0.15) is 51.9 Å². The van der Waals surface area contributed by atoms with Crippen LogP contribution < -0.4 is 10.2 Å². The highest BCUT2D eigenvalue weighted by molar-refractivity contribution is 5.90. The molecular weight excluding hydrogens is 296 g/mol. The first-order valence-corrected chi connectivity index (χ1v) is 9.58. The van der Waals surface area contributed by atoms with E-state index < -0.39 is 0 Å². The summed E-state index contributed by atoms with van der Waals surface area (Å²) in [4.78, 5) is 12.2. The lowest BCUT2D eigenvalue weighted by Gasteiger charge is -2.31. The minimum absolute atomic E-state index is 0.560. The van der Waals surface area contributed by atoms with Crippen molar-refractivity contribution in [3.8, 4) is 0 Å². The normalized spacial score (nSPS) is 22.7. The Morgan fingerprint density at radius 1 is 1.00 bits per heavy atom. The van der Waals surface area contributed by atoms with Crippen molar-refractivity contribution in [3.63, 3.8) is 0 Å². The first-order valence-electron chi connectivity index (χ1n) is 9.58. The molecule has 1 aromatic heterocycles. The van der Waals surface area contributed by atoms with Crippen molar-refractivity contribution in [2.45, 2.75) is 57.9 Å². The smallest absolute Gasteiger partial charge is 0.227 e. The first kappa shape index (κ1) is 15.7. The number of piperidine rings is 1. The monoisotopic (exact) mass is 324 g/mol. The summed E-state index contributed by atoms with van der Waals surface area (Å²) in [7, 11) is 0. The summed E-state index contributed by atoms with van der Waals surface area (Å²) in [6.07, 6.45) is 9.11. The molecular formula is C20H28N4. The topological polar surface area (TPSA) is 41.1 Å². The molecule has 2 heterocycles. The Balaban J connectivity index is 1.67. The minimum atomic E-state index is 0.560. The van der Waals surface area contributed by atoms with Gasteiger partial charge in [0.1, 0.15) is 5.82 Å². The number of hydrogen-bond acceptors (Lipinski definition) is 4. The third kappa shape index (κ3) is 3.33. The van der Waals surface area contributed by atoms with E-state index in [2.05, 4.69) is 41.4 Å². The molecule has 24 heavy (non-hydrogen) atoms. The molecule has 1 atom stereocenters. The van der Waals surface area contributed by atoms with Crippen LogP contribution in [0.2, 0.25) is 0 Å². The van der Waals surface area contributed by atoms with Gasteiger partial charge in [-0.2, -0.15) is 4.98 Å². The fraction of sp³-hybridized carbons (Fsp3) is 0.600. The number of hydrogen-bond donors (Lipinski definition) is 1. The highest BCUT2D eigenvalue weighted by atomic mass is 15.3.